The van der Waals surface area contributed by atoms with Crippen LogP contribution in [0.4, 0.5) is 0 Å². The van der Waals surface area contributed by atoms with Crippen molar-refractivity contribution < 1.29 is 14.3 Å². The Morgan fingerprint density at radius 3 is 2.48 bits per heavy atom. The molecule has 0 bridgehead atoms. The Morgan fingerprint density at radius 1 is 1.06 bits per heavy atom. The number of aryl methyl sites for hydroxylation is 3. The first-order valence-corrected chi connectivity index (χ1v) is 9.94. The van der Waals surface area contributed by atoms with Crippen molar-refractivity contribution in [1.29, 1.82) is 0 Å². The molecule has 1 aromatic heterocycles. The van der Waals surface area contributed by atoms with Gasteiger partial charge in [0, 0.05) is 13.6 Å². The van der Waals surface area contributed by atoms with Crippen molar-refractivity contribution in [1.82, 2.24) is 14.7 Å². The Morgan fingerprint density at radius 2 is 1.77 bits per heavy atom. The van der Waals surface area contributed by atoms with Gasteiger partial charge >= 0.3 is 5.97 Å². The smallest absolute Gasteiger partial charge is 0.308 e. The minimum atomic E-state index is -0.630. The number of ether oxygens (including phenoxy) is 1. The van der Waals surface area contributed by atoms with Crippen LogP contribution in [0.25, 0.3) is 10.8 Å². The molecular formula is C23H25N3O5. The van der Waals surface area contributed by atoms with E-state index in [4.69, 9.17) is 4.74 Å². The van der Waals surface area contributed by atoms with Gasteiger partial charge in [0.15, 0.2) is 6.61 Å². The fraction of sp³-hybridized carbons (Fsp3) is 0.304. The predicted molar refractivity (Wildman–Crippen MR) is 117 cm³/mol. The van der Waals surface area contributed by atoms with Crippen LogP contribution >= 0.6 is 0 Å². The third kappa shape index (κ3) is 5.28. The molecule has 0 unspecified atom stereocenters. The number of hydrogen-bond donors (Lipinski definition) is 1. The summed E-state index contributed by atoms with van der Waals surface area (Å²) in [4.78, 5) is 50.4. The molecule has 0 aliphatic rings. The van der Waals surface area contributed by atoms with Crippen LogP contribution in [0.3, 0.4) is 0 Å². The summed E-state index contributed by atoms with van der Waals surface area (Å²) in [5, 5.41) is 3.03. The highest BCUT2D eigenvalue weighted by Gasteiger charge is 2.14. The first-order valence-electron chi connectivity index (χ1n) is 9.94. The quantitative estimate of drug-likeness (QED) is 0.585. The number of nitrogens with zero attached hydrogens (tertiary/aromatic N) is 2. The lowest BCUT2D eigenvalue weighted by Gasteiger charge is -2.18. The molecule has 0 saturated heterocycles. The standard InChI is InChI=1S/C23H25N3O5/c1-15-8-9-17(16(2)12-15)13-25(3)20(27)14-31-21(28)10-11-26-23(30)19-7-5-4-6-18(19)22(29)24-26/h4-9,12H,10-11,13-14H2,1-3H3,(H,24,29). The van der Waals surface area contributed by atoms with Crippen LogP contribution in [0.2, 0.25) is 0 Å². The molecule has 1 amide bonds. The zero-order valence-electron chi connectivity index (χ0n) is 17.8. The molecule has 0 spiro atoms. The molecule has 3 aromatic rings. The number of rotatable bonds is 7. The Kier molecular flexibility index (Phi) is 6.69. The van der Waals surface area contributed by atoms with Crippen LogP contribution in [-0.4, -0.2) is 40.2 Å². The van der Waals surface area contributed by atoms with Crippen molar-refractivity contribution >= 4 is 22.6 Å². The number of amides is 1. The third-order valence-corrected chi connectivity index (χ3v) is 5.11. The van der Waals surface area contributed by atoms with Gasteiger partial charge in [0.2, 0.25) is 0 Å². The second-order valence-corrected chi connectivity index (χ2v) is 7.53. The van der Waals surface area contributed by atoms with Crippen molar-refractivity contribution in [2.45, 2.75) is 33.4 Å². The summed E-state index contributed by atoms with van der Waals surface area (Å²) >= 11 is 0. The van der Waals surface area contributed by atoms with Crippen LogP contribution in [0, 0.1) is 13.8 Å². The van der Waals surface area contributed by atoms with Crippen LogP contribution in [-0.2, 0) is 27.4 Å². The molecule has 0 aliphatic carbocycles. The third-order valence-electron chi connectivity index (χ3n) is 5.11. The molecule has 0 atom stereocenters. The molecule has 8 nitrogen and oxygen atoms in total. The number of aromatic nitrogens is 2. The molecule has 162 valence electrons. The van der Waals surface area contributed by atoms with Gasteiger partial charge in [0.1, 0.15) is 0 Å². The summed E-state index contributed by atoms with van der Waals surface area (Å²) < 4.78 is 6.14. The lowest BCUT2D eigenvalue weighted by atomic mass is 10.1. The molecule has 3 rings (SSSR count). The molecule has 0 saturated carbocycles. The minimum absolute atomic E-state index is 0.0513. The number of fused-ring (bicyclic) bond motifs is 1. The summed E-state index contributed by atoms with van der Waals surface area (Å²) in [7, 11) is 1.65. The minimum Gasteiger partial charge on any atom is -0.456 e. The summed E-state index contributed by atoms with van der Waals surface area (Å²) in [6, 6.07) is 12.5. The van der Waals surface area contributed by atoms with Gasteiger partial charge in [-0.05, 0) is 37.1 Å². The Hall–Kier alpha value is -3.68. The Labute approximate surface area is 179 Å². The van der Waals surface area contributed by atoms with E-state index < -0.39 is 17.1 Å². The molecule has 8 heteroatoms. The van der Waals surface area contributed by atoms with E-state index in [9.17, 15) is 19.2 Å². The van der Waals surface area contributed by atoms with E-state index in [0.717, 1.165) is 21.4 Å². The molecule has 2 aromatic carbocycles. The fourth-order valence-electron chi connectivity index (χ4n) is 3.30. The lowest BCUT2D eigenvalue weighted by Crippen LogP contribution is -2.32. The van der Waals surface area contributed by atoms with Gasteiger partial charge in [-0.3, -0.25) is 24.3 Å². The van der Waals surface area contributed by atoms with Gasteiger partial charge in [-0.2, -0.15) is 0 Å². The maximum absolute atomic E-state index is 12.5. The maximum Gasteiger partial charge on any atom is 0.308 e. The normalized spacial score (nSPS) is 10.8. The number of carbonyl (C=O) groups is 2. The van der Waals surface area contributed by atoms with Gasteiger partial charge in [-0.1, -0.05) is 35.9 Å². The lowest BCUT2D eigenvalue weighted by molar-refractivity contribution is -0.151. The van der Waals surface area contributed by atoms with Crippen molar-refractivity contribution in [2.24, 2.45) is 0 Å². The summed E-state index contributed by atoms with van der Waals surface area (Å²) in [5.74, 6) is -0.959. The number of esters is 1. The largest absolute Gasteiger partial charge is 0.456 e. The van der Waals surface area contributed by atoms with E-state index in [0.29, 0.717) is 11.9 Å². The number of carbonyl (C=O) groups excluding carboxylic acids is 2. The molecule has 0 fully saturated rings. The first kappa shape index (κ1) is 22.0. The summed E-state index contributed by atoms with van der Waals surface area (Å²) in [6.45, 7) is 3.97. The number of hydrogen-bond acceptors (Lipinski definition) is 5. The predicted octanol–water partition coefficient (Wildman–Crippen LogP) is 1.90. The van der Waals surface area contributed by atoms with E-state index in [1.165, 1.54) is 4.90 Å². The van der Waals surface area contributed by atoms with E-state index in [2.05, 4.69) is 5.10 Å². The molecule has 1 N–H and O–H groups in total. The number of likely N-dealkylation sites (N-methyl/N-ethyl adjacent to an activating group) is 1. The highest BCUT2D eigenvalue weighted by atomic mass is 16.5. The van der Waals surface area contributed by atoms with Gasteiger partial charge in [0.05, 0.1) is 23.7 Å². The maximum atomic E-state index is 12.5. The number of aromatic amines is 1. The van der Waals surface area contributed by atoms with E-state index in [-0.39, 0.29) is 30.9 Å². The van der Waals surface area contributed by atoms with Crippen LogP contribution < -0.4 is 11.1 Å². The van der Waals surface area contributed by atoms with Gasteiger partial charge in [-0.25, -0.2) is 4.68 Å². The van der Waals surface area contributed by atoms with Crippen molar-refractivity contribution in [3.63, 3.8) is 0 Å². The van der Waals surface area contributed by atoms with Crippen molar-refractivity contribution in [2.75, 3.05) is 13.7 Å². The van der Waals surface area contributed by atoms with Crippen LogP contribution in [0.15, 0.2) is 52.1 Å². The summed E-state index contributed by atoms with van der Waals surface area (Å²) in [6.07, 6.45) is -0.151. The Balaban J connectivity index is 1.54. The van der Waals surface area contributed by atoms with Crippen molar-refractivity contribution in [3.8, 4) is 0 Å². The SMILES string of the molecule is Cc1ccc(CN(C)C(=O)COC(=O)CCn2[nH]c(=O)c3ccccc3c2=O)c(C)c1. The second-order valence-electron chi connectivity index (χ2n) is 7.53. The van der Waals surface area contributed by atoms with Gasteiger partial charge in [-0.15, -0.1) is 0 Å². The van der Waals surface area contributed by atoms with E-state index >= 15 is 0 Å². The average molecular weight is 423 g/mol. The number of benzene rings is 2. The second kappa shape index (κ2) is 9.42. The zero-order chi connectivity index (χ0) is 22.5. The Bertz CT molecular complexity index is 1240. The van der Waals surface area contributed by atoms with Gasteiger partial charge in [0.25, 0.3) is 17.0 Å². The monoisotopic (exact) mass is 423 g/mol. The summed E-state index contributed by atoms with van der Waals surface area (Å²) in [5.41, 5.74) is 2.45. The number of nitrogens with one attached hydrogen (secondary N) is 1. The first-order chi connectivity index (χ1) is 14.8. The average Bonchev–Trinajstić information content (AvgIpc) is 2.75. The molecule has 0 aliphatic heterocycles. The van der Waals surface area contributed by atoms with Crippen LogP contribution in [0.5, 0.6) is 0 Å². The van der Waals surface area contributed by atoms with E-state index in [1.807, 2.05) is 32.0 Å². The van der Waals surface area contributed by atoms with Gasteiger partial charge < -0.3 is 9.64 Å². The van der Waals surface area contributed by atoms with E-state index in [1.54, 1.807) is 31.3 Å². The molecule has 31 heavy (non-hydrogen) atoms. The molecular weight excluding hydrogens is 398 g/mol. The molecule has 1 heterocycles. The van der Waals surface area contributed by atoms with Crippen molar-refractivity contribution in [3.05, 3.63) is 79.9 Å². The topological polar surface area (TPSA) is 101 Å². The number of H-pyrrole nitrogens is 1. The highest BCUT2D eigenvalue weighted by Crippen LogP contribution is 2.12. The molecule has 0 radical (unpaired) electrons. The zero-order valence-corrected chi connectivity index (χ0v) is 17.8. The highest BCUT2D eigenvalue weighted by molar-refractivity contribution is 5.81. The fourth-order valence-corrected chi connectivity index (χ4v) is 3.30. The van der Waals surface area contributed by atoms with Crippen LogP contribution in [0.1, 0.15) is 23.1 Å².